The Kier molecular flexibility index (Phi) is 8.55. The van der Waals surface area contributed by atoms with E-state index in [-0.39, 0.29) is 5.91 Å². The summed E-state index contributed by atoms with van der Waals surface area (Å²) in [5.74, 6) is 1.28. The Bertz CT molecular complexity index is 1130. The SMILES string of the molecule is COc1ccc(C(=O)N/N=C/c2cc(Br)c(OCc3cccc(Cl)c3)c(Br)c2)cc1OC. The van der Waals surface area contributed by atoms with Crippen LogP contribution < -0.4 is 19.6 Å². The van der Waals surface area contributed by atoms with Crippen molar-refractivity contribution in [2.75, 3.05) is 14.2 Å². The lowest BCUT2D eigenvalue weighted by Crippen LogP contribution is -2.17. The molecule has 166 valence electrons. The Balaban J connectivity index is 1.65. The number of hydrogen-bond acceptors (Lipinski definition) is 5. The minimum Gasteiger partial charge on any atom is -0.493 e. The maximum atomic E-state index is 12.4. The predicted octanol–water partition coefficient (Wildman–Crippen LogP) is 6.23. The van der Waals surface area contributed by atoms with E-state index < -0.39 is 0 Å². The molecule has 3 rings (SSSR count). The molecule has 9 heteroatoms. The van der Waals surface area contributed by atoms with Crippen LogP contribution in [0.25, 0.3) is 0 Å². The van der Waals surface area contributed by atoms with E-state index in [1.54, 1.807) is 18.2 Å². The maximum Gasteiger partial charge on any atom is 0.271 e. The van der Waals surface area contributed by atoms with Gasteiger partial charge in [0.2, 0.25) is 0 Å². The molecular formula is C23H19Br2ClN2O4. The summed E-state index contributed by atoms with van der Waals surface area (Å²) < 4.78 is 17.8. The summed E-state index contributed by atoms with van der Waals surface area (Å²) in [4.78, 5) is 12.4. The van der Waals surface area contributed by atoms with Crippen molar-refractivity contribution in [2.24, 2.45) is 5.10 Å². The molecule has 0 saturated heterocycles. The number of ether oxygens (including phenoxy) is 3. The molecule has 0 spiro atoms. The van der Waals surface area contributed by atoms with Crippen LogP contribution in [-0.4, -0.2) is 26.3 Å². The fourth-order valence-corrected chi connectivity index (χ4v) is 4.45. The van der Waals surface area contributed by atoms with Gasteiger partial charge in [-0.2, -0.15) is 5.10 Å². The van der Waals surface area contributed by atoms with Crippen LogP contribution in [0.2, 0.25) is 5.02 Å². The van der Waals surface area contributed by atoms with Crippen molar-refractivity contribution >= 4 is 55.6 Å². The van der Waals surface area contributed by atoms with Crippen molar-refractivity contribution in [3.63, 3.8) is 0 Å². The number of rotatable bonds is 8. The van der Waals surface area contributed by atoms with Crippen LogP contribution in [0.1, 0.15) is 21.5 Å². The van der Waals surface area contributed by atoms with E-state index in [2.05, 4.69) is 42.4 Å². The van der Waals surface area contributed by atoms with Gasteiger partial charge in [-0.3, -0.25) is 4.79 Å². The molecule has 1 amide bonds. The van der Waals surface area contributed by atoms with E-state index in [1.165, 1.54) is 20.4 Å². The highest BCUT2D eigenvalue weighted by Crippen LogP contribution is 2.35. The van der Waals surface area contributed by atoms with Crippen molar-refractivity contribution in [3.8, 4) is 17.2 Å². The summed E-state index contributed by atoms with van der Waals surface area (Å²) in [6, 6.07) is 16.0. The number of hydrazone groups is 1. The molecule has 0 aliphatic rings. The molecule has 0 saturated carbocycles. The highest BCUT2D eigenvalue weighted by molar-refractivity contribution is 9.11. The Morgan fingerprint density at radius 3 is 2.41 bits per heavy atom. The van der Waals surface area contributed by atoms with E-state index in [0.29, 0.717) is 34.4 Å². The van der Waals surface area contributed by atoms with E-state index in [9.17, 15) is 4.79 Å². The largest absolute Gasteiger partial charge is 0.493 e. The third-order valence-electron chi connectivity index (χ3n) is 4.32. The summed E-state index contributed by atoms with van der Waals surface area (Å²) >= 11 is 13.1. The van der Waals surface area contributed by atoms with Gasteiger partial charge in [-0.05, 0) is 85.5 Å². The Morgan fingerprint density at radius 1 is 1.03 bits per heavy atom. The third kappa shape index (κ3) is 6.25. The quantitative estimate of drug-likeness (QED) is 0.253. The molecule has 0 radical (unpaired) electrons. The lowest BCUT2D eigenvalue weighted by molar-refractivity contribution is 0.0954. The molecule has 0 heterocycles. The number of nitrogens with one attached hydrogen (secondary N) is 1. The minimum atomic E-state index is -0.373. The second kappa shape index (κ2) is 11.4. The minimum absolute atomic E-state index is 0.368. The highest BCUT2D eigenvalue weighted by Gasteiger charge is 2.11. The van der Waals surface area contributed by atoms with Crippen LogP contribution in [0, 0.1) is 0 Å². The number of halogens is 3. The predicted molar refractivity (Wildman–Crippen MR) is 132 cm³/mol. The number of carbonyl (C=O) groups excluding carboxylic acids is 1. The summed E-state index contributed by atoms with van der Waals surface area (Å²) in [6.07, 6.45) is 1.54. The van der Waals surface area contributed by atoms with Crippen LogP contribution in [0.15, 0.2) is 68.6 Å². The normalized spacial score (nSPS) is 10.8. The van der Waals surface area contributed by atoms with Crippen molar-refractivity contribution in [3.05, 3.63) is 85.3 Å². The molecule has 0 aliphatic heterocycles. The summed E-state index contributed by atoms with van der Waals surface area (Å²) in [5, 5.41) is 4.70. The second-order valence-electron chi connectivity index (χ2n) is 6.50. The summed E-state index contributed by atoms with van der Waals surface area (Å²) in [7, 11) is 3.04. The van der Waals surface area contributed by atoms with Gasteiger partial charge in [0.15, 0.2) is 11.5 Å². The molecule has 32 heavy (non-hydrogen) atoms. The third-order valence-corrected chi connectivity index (χ3v) is 5.73. The van der Waals surface area contributed by atoms with Gasteiger partial charge in [0.1, 0.15) is 12.4 Å². The van der Waals surface area contributed by atoms with Crippen LogP contribution in [-0.2, 0) is 6.61 Å². The smallest absolute Gasteiger partial charge is 0.271 e. The molecular weight excluding hydrogens is 564 g/mol. The first kappa shape index (κ1) is 24.1. The van der Waals surface area contributed by atoms with E-state index in [0.717, 1.165) is 20.1 Å². The van der Waals surface area contributed by atoms with Gasteiger partial charge < -0.3 is 14.2 Å². The van der Waals surface area contributed by atoms with Gasteiger partial charge in [0, 0.05) is 10.6 Å². The Morgan fingerprint density at radius 2 is 1.75 bits per heavy atom. The molecule has 6 nitrogen and oxygen atoms in total. The van der Waals surface area contributed by atoms with Crippen LogP contribution in [0.4, 0.5) is 0 Å². The van der Waals surface area contributed by atoms with E-state index >= 15 is 0 Å². The lowest BCUT2D eigenvalue weighted by atomic mass is 10.2. The number of carbonyl (C=O) groups is 1. The monoisotopic (exact) mass is 580 g/mol. The molecule has 1 N–H and O–H groups in total. The first-order valence-electron chi connectivity index (χ1n) is 9.33. The zero-order valence-corrected chi connectivity index (χ0v) is 21.1. The van der Waals surface area contributed by atoms with Gasteiger partial charge in [-0.25, -0.2) is 5.43 Å². The van der Waals surface area contributed by atoms with E-state index in [1.807, 2.05) is 36.4 Å². The number of hydrogen-bond donors (Lipinski definition) is 1. The van der Waals surface area contributed by atoms with Gasteiger partial charge in [-0.1, -0.05) is 23.7 Å². The molecule has 0 unspecified atom stereocenters. The van der Waals surface area contributed by atoms with Crippen LogP contribution in [0.5, 0.6) is 17.2 Å². The fraction of sp³-hybridized carbons (Fsp3) is 0.130. The number of nitrogens with zero attached hydrogens (tertiary/aromatic N) is 1. The fourth-order valence-electron chi connectivity index (χ4n) is 2.78. The zero-order chi connectivity index (χ0) is 23.1. The molecule has 0 atom stereocenters. The van der Waals surface area contributed by atoms with Crippen molar-refractivity contribution in [1.82, 2.24) is 5.43 Å². The van der Waals surface area contributed by atoms with Crippen LogP contribution >= 0.6 is 43.5 Å². The van der Waals surface area contributed by atoms with Gasteiger partial charge in [-0.15, -0.1) is 0 Å². The van der Waals surface area contributed by atoms with Crippen molar-refractivity contribution in [1.29, 1.82) is 0 Å². The molecule has 3 aromatic carbocycles. The molecule has 0 aliphatic carbocycles. The van der Waals surface area contributed by atoms with Gasteiger partial charge in [0.05, 0.1) is 29.4 Å². The van der Waals surface area contributed by atoms with Gasteiger partial charge in [0.25, 0.3) is 5.91 Å². The maximum absolute atomic E-state index is 12.4. The second-order valence-corrected chi connectivity index (χ2v) is 8.65. The zero-order valence-electron chi connectivity index (χ0n) is 17.2. The van der Waals surface area contributed by atoms with Crippen molar-refractivity contribution < 1.29 is 19.0 Å². The first-order chi connectivity index (χ1) is 15.4. The number of benzene rings is 3. The standard InChI is InChI=1S/C23H19Br2ClN2O4/c1-30-20-7-6-16(11-21(20)31-2)23(29)28-27-12-15-9-18(24)22(19(25)10-15)32-13-14-4-3-5-17(26)8-14/h3-12H,13H2,1-2H3,(H,28,29)/b27-12+. The number of amides is 1. The molecule has 0 fully saturated rings. The first-order valence-corrected chi connectivity index (χ1v) is 11.3. The highest BCUT2D eigenvalue weighted by atomic mass is 79.9. The summed E-state index contributed by atoms with van der Waals surface area (Å²) in [5.41, 5.74) is 4.61. The Hall–Kier alpha value is -2.55. The lowest BCUT2D eigenvalue weighted by Gasteiger charge is -2.11. The van der Waals surface area contributed by atoms with Gasteiger partial charge >= 0.3 is 0 Å². The molecule has 0 aromatic heterocycles. The molecule has 3 aromatic rings. The van der Waals surface area contributed by atoms with Crippen molar-refractivity contribution in [2.45, 2.75) is 6.61 Å². The Labute approximate surface area is 207 Å². The van der Waals surface area contributed by atoms with Crippen LogP contribution in [0.3, 0.4) is 0 Å². The average molecular weight is 583 g/mol. The summed E-state index contributed by atoms with van der Waals surface area (Å²) in [6.45, 7) is 0.368. The number of methoxy groups -OCH3 is 2. The topological polar surface area (TPSA) is 69.2 Å². The average Bonchev–Trinajstić information content (AvgIpc) is 2.78. The van der Waals surface area contributed by atoms with E-state index in [4.69, 9.17) is 25.8 Å². The molecule has 0 bridgehead atoms.